The van der Waals surface area contributed by atoms with Crippen LogP contribution in [0.25, 0.3) is 11.2 Å². The van der Waals surface area contributed by atoms with Crippen LogP contribution in [0.5, 0.6) is 17.5 Å². The van der Waals surface area contributed by atoms with Gasteiger partial charge in [0, 0.05) is 14.1 Å². The molecule has 0 fully saturated rings. The predicted molar refractivity (Wildman–Crippen MR) is 109 cm³/mol. The van der Waals surface area contributed by atoms with Gasteiger partial charge in [0.1, 0.15) is 11.5 Å². The Morgan fingerprint density at radius 2 is 1.55 bits per heavy atom. The summed E-state index contributed by atoms with van der Waals surface area (Å²) in [4.78, 5) is 30.3. The Kier molecular flexibility index (Phi) is 4.67. The molecule has 2 heterocycles. The molecular formula is C21H20N4O4. The summed E-state index contributed by atoms with van der Waals surface area (Å²) in [6.45, 7) is 0.183. The quantitative estimate of drug-likeness (QED) is 0.521. The molecule has 0 radical (unpaired) electrons. The molecule has 0 saturated heterocycles. The van der Waals surface area contributed by atoms with E-state index in [2.05, 4.69) is 4.98 Å². The molecule has 0 atom stereocenters. The fourth-order valence-corrected chi connectivity index (χ4v) is 3.17. The van der Waals surface area contributed by atoms with Crippen molar-refractivity contribution < 1.29 is 9.47 Å². The van der Waals surface area contributed by atoms with Gasteiger partial charge >= 0.3 is 11.7 Å². The molecule has 0 spiro atoms. The summed E-state index contributed by atoms with van der Waals surface area (Å²) in [6.07, 6.45) is 0. The van der Waals surface area contributed by atoms with Gasteiger partial charge in [-0.25, -0.2) is 4.79 Å². The highest BCUT2D eigenvalue weighted by atomic mass is 16.5. The summed E-state index contributed by atoms with van der Waals surface area (Å²) in [6, 6.07) is 16.6. The zero-order valence-corrected chi connectivity index (χ0v) is 16.3. The maximum atomic E-state index is 13.1. The highest BCUT2D eigenvalue weighted by Crippen LogP contribution is 2.24. The Morgan fingerprint density at radius 1 is 0.897 bits per heavy atom. The largest absolute Gasteiger partial charge is 0.497 e. The molecule has 0 aliphatic heterocycles. The van der Waals surface area contributed by atoms with E-state index in [9.17, 15) is 9.59 Å². The van der Waals surface area contributed by atoms with Crippen molar-refractivity contribution in [1.29, 1.82) is 0 Å². The van der Waals surface area contributed by atoms with Crippen molar-refractivity contribution in [1.82, 2.24) is 18.7 Å². The minimum absolute atomic E-state index is 0.183. The molecule has 148 valence electrons. The van der Waals surface area contributed by atoms with Crippen molar-refractivity contribution in [2.75, 3.05) is 7.11 Å². The number of rotatable bonds is 5. The van der Waals surface area contributed by atoms with Gasteiger partial charge in [-0.05, 0) is 29.8 Å². The number of hydrogen-bond donors (Lipinski definition) is 0. The van der Waals surface area contributed by atoms with Crippen LogP contribution < -0.4 is 20.7 Å². The number of hydrogen-bond acceptors (Lipinski definition) is 5. The van der Waals surface area contributed by atoms with Crippen LogP contribution in [0.2, 0.25) is 0 Å². The Bertz CT molecular complexity index is 1280. The molecule has 0 N–H and O–H groups in total. The molecule has 8 heteroatoms. The number of aryl methyl sites for hydroxylation is 2. The van der Waals surface area contributed by atoms with Gasteiger partial charge in [0.15, 0.2) is 11.2 Å². The highest BCUT2D eigenvalue weighted by Gasteiger charge is 2.19. The molecule has 4 rings (SSSR count). The molecule has 2 aromatic carbocycles. The van der Waals surface area contributed by atoms with Gasteiger partial charge in [-0.2, -0.15) is 4.98 Å². The number of fused-ring (bicyclic) bond motifs is 1. The van der Waals surface area contributed by atoms with Crippen LogP contribution in [0.3, 0.4) is 0 Å². The first-order valence-corrected chi connectivity index (χ1v) is 9.01. The minimum atomic E-state index is -0.430. The second-order valence-electron chi connectivity index (χ2n) is 6.62. The molecule has 29 heavy (non-hydrogen) atoms. The molecule has 4 aromatic rings. The first-order chi connectivity index (χ1) is 14.0. The van der Waals surface area contributed by atoms with E-state index in [0.29, 0.717) is 17.0 Å². The normalized spacial score (nSPS) is 11.0. The van der Waals surface area contributed by atoms with E-state index in [-0.39, 0.29) is 18.2 Å². The van der Waals surface area contributed by atoms with Crippen molar-refractivity contribution in [3.63, 3.8) is 0 Å². The van der Waals surface area contributed by atoms with Crippen molar-refractivity contribution in [2.45, 2.75) is 6.54 Å². The van der Waals surface area contributed by atoms with E-state index in [1.165, 1.54) is 9.13 Å². The molecule has 0 aliphatic carbocycles. The van der Waals surface area contributed by atoms with Crippen molar-refractivity contribution in [3.8, 4) is 17.5 Å². The average Bonchev–Trinajstić information content (AvgIpc) is 3.07. The number of nitrogens with zero attached hydrogens (tertiary/aromatic N) is 4. The first kappa shape index (κ1) is 18.5. The number of methoxy groups -OCH3 is 1. The fraction of sp³-hybridized carbons (Fsp3) is 0.190. The van der Waals surface area contributed by atoms with Gasteiger partial charge < -0.3 is 9.47 Å². The van der Waals surface area contributed by atoms with E-state index in [0.717, 1.165) is 5.56 Å². The lowest BCUT2D eigenvalue weighted by atomic mass is 10.2. The first-order valence-electron chi connectivity index (χ1n) is 9.01. The average molecular weight is 392 g/mol. The summed E-state index contributed by atoms with van der Waals surface area (Å²) in [5.74, 6) is 1.24. The zero-order valence-electron chi connectivity index (χ0n) is 16.3. The summed E-state index contributed by atoms with van der Waals surface area (Å²) in [5, 5.41) is 0. The van der Waals surface area contributed by atoms with E-state index in [1.54, 1.807) is 50.0 Å². The second kappa shape index (κ2) is 7.31. The third kappa shape index (κ3) is 3.29. The maximum absolute atomic E-state index is 13.1. The summed E-state index contributed by atoms with van der Waals surface area (Å²) in [7, 11) is 4.87. The summed E-state index contributed by atoms with van der Waals surface area (Å²) >= 11 is 0. The van der Waals surface area contributed by atoms with Crippen LogP contribution in [-0.4, -0.2) is 25.8 Å². The topological polar surface area (TPSA) is 80.3 Å². The SMILES string of the molecule is COc1ccc(Oc2nc3c(c(=O)n(Cc4ccccc4)c(=O)n3C)n2C)cc1. The molecule has 0 bridgehead atoms. The third-order valence-electron chi connectivity index (χ3n) is 4.77. The Hall–Kier alpha value is -3.81. The van der Waals surface area contributed by atoms with Crippen molar-refractivity contribution in [3.05, 3.63) is 81.0 Å². The number of aromatic nitrogens is 4. The minimum Gasteiger partial charge on any atom is -0.497 e. The smallest absolute Gasteiger partial charge is 0.332 e. The zero-order chi connectivity index (χ0) is 20.5. The monoisotopic (exact) mass is 392 g/mol. The molecule has 0 saturated carbocycles. The molecular weight excluding hydrogens is 372 g/mol. The van der Waals surface area contributed by atoms with Crippen molar-refractivity contribution >= 4 is 11.2 Å². The van der Waals surface area contributed by atoms with Gasteiger partial charge in [0.2, 0.25) is 0 Å². The van der Waals surface area contributed by atoms with Crippen LogP contribution in [0, 0.1) is 0 Å². The molecule has 0 aliphatic rings. The molecule has 0 amide bonds. The van der Waals surface area contributed by atoms with E-state index < -0.39 is 11.2 Å². The van der Waals surface area contributed by atoms with Gasteiger partial charge in [-0.1, -0.05) is 30.3 Å². The summed E-state index contributed by atoms with van der Waals surface area (Å²) < 4.78 is 15.1. The Labute approximate surface area is 166 Å². The molecule has 0 unspecified atom stereocenters. The van der Waals surface area contributed by atoms with Gasteiger partial charge in [-0.3, -0.25) is 18.5 Å². The van der Waals surface area contributed by atoms with Gasteiger partial charge in [0.05, 0.1) is 13.7 Å². The van der Waals surface area contributed by atoms with Crippen LogP contribution >= 0.6 is 0 Å². The lowest BCUT2D eigenvalue weighted by Crippen LogP contribution is -2.39. The predicted octanol–water partition coefficient (Wildman–Crippen LogP) is 2.28. The van der Waals surface area contributed by atoms with Crippen LogP contribution in [0.4, 0.5) is 0 Å². The Morgan fingerprint density at radius 3 is 2.21 bits per heavy atom. The van der Waals surface area contributed by atoms with E-state index in [1.807, 2.05) is 30.3 Å². The lowest BCUT2D eigenvalue weighted by molar-refractivity contribution is 0.408. The highest BCUT2D eigenvalue weighted by molar-refractivity contribution is 5.71. The number of ether oxygens (including phenoxy) is 2. The lowest BCUT2D eigenvalue weighted by Gasteiger charge is -2.08. The number of imidazole rings is 1. The summed E-state index contributed by atoms with van der Waals surface area (Å²) in [5.41, 5.74) is 0.594. The van der Waals surface area contributed by atoms with Gasteiger partial charge in [0.25, 0.3) is 5.56 Å². The van der Waals surface area contributed by atoms with E-state index >= 15 is 0 Å². The fourth-order valence-electron chi connectivity index (χ4n) is 3.17. The molecule has 8 nitrogen and oxygen atoms in total. The standard InChI is InChI=1S/C21H20N4O4/c1-23-17-18(22-20(23)29-16-11-9-15(28-3)10-12-16)24(2)21(27)25(19(17)26)13-14-7-5-4-6-8-14/h4-12H,13H2,1-3H3. The second-order valence-corrected chi connectivity index (χ2v) is 6.62. The van der Waals surface area contributed by atoms with Crippen LogP contribution in [-0.2, 0) is 20.6 Å². The maximum Gasteiger partial charge on any atom is 0.332 e. The van der Waals surface area contributed by atoms with E-state index in [4.69, 9.17) is 9.47 Å². The van der Waals surface area contributed by atoms with Crippen LogP contribution in [0.1, 0.15) is 5.56 Å². The van der Waals surface area contributed by atoms with Crippen molar-refractivity contribution in [2.24, 2.45) is 14.1 Å². The number of benzene rings is 2. The van der Waals surface area contributed by atoms with Gasteiger partial charge in [-0.15, -0.1) is 0 Å². The van der Waals surface area contributed by atoms with Crippen LogP contribution in [0.15, 0.2) is 64.2 Å². The molecule has 2 aromatic heterocycles. The Balaban J connectivity index is 1.80. The third-order valence-corrected chi connectivity index (χ3v) is 4.77.